The Morgan fingerprint density at radius 1 is 1.00 bits per heavy atom. The third-order valence-corrected chi connectivity index (χ3v) is 4.18. The second kappa shape index (κ2) is 7.96. The van der Waals surface area contributed by atoms with Crippen molar-refractivity contribution in [1.29, 1.82) is 0 Å². The minimum absolute atomic E-state index is 0.0466. The Labute approximate surface area is 171 Å². The summed E-state index contributed by atoms with van der Waals surface area (Å²) in [5.74, 6) is -1.14. The minimum atomic E-state index is -5.06. The molecule has 0 bridgehead atoms. The number of carbonyl (C=O) groups is 1. The van der Waals surface area contributed by atoms with E-state index in [1.165, 1.54) is 30.2 Å². The topological polar surface area (TPSA) is 85.6 Å². The van der Waals surface area contributed by atoms with Crippen molar-refractivity contribution in [3.8, 4) is 11.4 Å². The van der Waals surface area contributed by atoms with Crippen LogP contribution in [0, 0.1) is 0 Å². The maximum absolute atomic E-state index is 13.0. The molecule has 31 heavy (non-hydrogen) atoms. The molecule has 164 valence electrons. The monoisotopic (exact) mass is 444 g/mol. The summed E-state index contributed by atoms with van der Waals surface area (Å²) in [4.78, 5) is 20.8. The Kier molecular flexibility index (Phi) is 5.70. The van der Waals surface area contributed by atoms with Gasteiger partial charge in [-0.05, 0) is 25.1 Å². The fraction of sp³-hybridized carbons (Fsp3) is 0.278. The van der Waals surface area contributed by atoms with Gasteiger partial charge in [-0.3, -0.25) is 19.4 Å². The first kappa shape index (κ1) is 22.2. The number of aromatic nitrogens is 5. The van der Waals surface area contributed by atoms with E-state index in [0.717, 1.165) is 0 Å². The molecule has 0 aliphatic heterocycles. The molecule has 0 aliphatic rings. The van der Waals surface area contributed by atoms with E-state index in [0.29, 0.717) is 17.8 Å². The summed E-state index contributed by atoms with van der Waals surface area (Å²) in [7, 11) is 1.61. The van der Waals surface area contributed by atoms with Crippen molar-refractivity contribution >= 4 is 5.91 Å². The van der Waals surface area contributed by atoms with E-state index in [1.807, 2.05) is 0 Å². The number of halogens is 6. The molecule has 1 N–H and O–H groups in total. The fourth-order valence-electron chi connectivity index (χ4n) is 2.75. The third kappa shape index (κ3) is 4.98. The minimum Gasteiger partial charge on any atom is -0.344 e. The van der Waals surface area contributed by atoms with Crippen molar-refractivity contribution in [1.82, 2.24) is 30.3 Å². The van der Waals surface area contributed by atoms with Crippen LogP contribution in [-0.2, 0) is 19.4 Å². The average Bonchev–Trinajstić information content (AvgIpc) is 3.12. The summed E-state index contributed by atoms with van der Waals surface area (Å²) in [5.41, 5.74) is -3.17. The van der Waals surface area contributed by atoms with Crippen LogP contribution in [0.4, 0.5) is 26.3 Å². The summed E-state index contributed by atoms with van der Waals surface area (Å²) < 4.78 is 79.6. The molecular formula is C18H14F6N6O. The number of hydrogen-bond donors (Lipinski definition) is 1. The number of aryl methyl sites for hydroxylation is 1. The lowest BCUT2D eigenvalue weighted by Crippen LogP contribution is -2.28. The van der Waals surface area contributed by atoms with Crippen molar-refractivity contribution in [3.63, 3.8) is 0 Å². The van der Waals surface area contributed by atoms with Gasteiger partial charge < -0.3 is 5.32 Å². The lowest BCUT2D eigenvalue weighted by Gasteiger charge is -2.17. The van der Waals surface area contributed by atoms with Crippen LogP contribution < -0.4 is 5.32 Å². The van der Waals surface area contributed by atoms with E-state index < -0.39 is 41.0 Å². The van der Waals surface area contributed by atoms with Crippen LogP contribution in [0.15, 0.2) is 36.8 Å². The van der Waals surface area contributed by atoms with Crippen LogP contribution in [0.1, 0.15) is 40.1 Å². The van der Waals surface area contributed by atoms with Gasteiger partial charge >= 0.3 is 12.4 Å². The van der Waals surface area contributed by atoms with Gasteiger partial charge in [0.05, 0.1) is 29.1 Å². The van der Waals surface area contributed by atoms with Crippen molar-refractivity contribution in [2.24, 2.45) is 7.05 Å². The van der Waals surface area contributed by atoms with Gasteiger partial charge in [-0.25, -0.2) is 0 Å². The summed E-state index contributed by atoms with van der Waals surface area (Å²) in [5, 5.41) is 10.0. The van der Waals surface area contributed by atoms with Crippen LogP contribution >= 0.6 is 0 Å². The highest BCUT2D eigenvalue weighted by atomic mass is 19.4. The molecule has 3 rings (SSSR count). The highest BCUT2D eigenvalue weighted by Crippen LogP contribution is 2.36. The van der Waals surface area contributed by atoms with Gasteiger partial charge in [0.15, 0.2) is 0 Å². The zero-order valence-electron chi connectivity index (χ0n) is 16.0. The number of carbonyl (C=O) groups excluding carboxylic acids is 1. The molecule has 7 nitrogen and oxygen atoms in total. The number of alkyl halides is 6. The summed E-state index contributed by atoms with van der Waals surface area (Å²) >= 11 is 0. The van der Waals surface area contributed by atoms with Gasteiger partial charge in [-0.2, -0.15) is 26.3 Å². The Morgan fingerprint density at radius 3 is 2.10 bits per heavy atom. The van der Waals surface area contributed by atoms with E-state index >= 15 is 0 Å². The average molecular weight is 444 g/mol. The second-order valence-electron chi connectivity index (χ2n) is 6.56. The molecule has 2 aromatic heterocycles. The molecular weight excluding hydrogens is 430 g/mol. The lowest BCUT2D eigenvalue weighted by molar-refractivity contribution is -0.143. The maximum atomic E-state index is 13.0. The van der Waals surface area contributed by atoms with Crippen molar-refractivity contribution in [2.75, 3.05) is 0 Å². The number of hydrogen-bond acceptors (Lipinski definition) is 5. The van der Waals surface area contributed by atoms with Crippen LogP contribution in [0.25, 0.3) is 11.4 Å². The first-order chi connectivity index (χ1) is 14.4. The van der Waals surface area contributed by atoms with Gasteiger partial charge in [-0.15, -0.1) is 5.10 Å². The molecule has 1 unspecified atom stereocenters. The van der Waals surface area contributed by atoms with E-state index in [1.54, 1.807) is 7.05 Å². The highest BCUT2D eigenvalue weighted by Gasteiger charge is 2.37. The van der Waals surface area contributed by atoms with E-state index in [9.17, 15) is 31.1 Å². The maximum Gasteiger partial charge on any atom is 0.416 e. The quantitative estimate of drug-likeness (QED) is 0.619. The first-order valence-electron chi connectivity index (χ1n) is 8.64. The Balaban J connectivity index is 1.94. The molecule has 0 spiro atoms. The predicted molar refractivity (Wildman–Crippen MR) is 94.4 cm³/mol. The van der Waals surface area contributed by atoms with Crippen LogP contribution in [0.5, 0.6) is 0 Å². The third-order valence-electron chi connectivity index (χ3n) is 4.18. The first-order valence-corrected chi connectivity index (χ1v) is 8.64. The van der Waals surface area contributed by atoms with Crippen molar-refractivity contribution in [2.45, 2.75) is 25.3 Å². The van der Waals surface area contributed by atoms with E-state index in [-0.39, 0.29) is 17.5 Å². The Hall–Kier alpha value is -3.51. The largest absolute Gasteiger partial charge is 0.416 e. The molecule has 1 amide bonds. The van der Waals surface area contributed by atoms with Gasteiger partial charge in [-0.1, -0.05) is 5.21 Å². The van der Waals surface area contributed by atoms with Crippen molar-refractivity contribution in [3.05, 3.63) is 59.2 Å². The summed E-state index contributed by atoms with van der Waals surface area (Å²) in [6.45, 7) is 1.46. The number of rotatable bonds is 4. The van der Waals surface area contributed by atoms with Gasteiger partial charge in [0.25, 0.3) is 5.91 Å². The Morgan fingerprint density at radius 2 is 1.58 bits per heavy atom. The molecule has 3 aromatic rings. The standard InChI is InChI=1S/C18H14F6N6O/c1-9(14-15(26-4-3-25-14)13-8-30(2)29-28-13)27-16(31)10-5-11(17(19,20)21)7-12(6-10)18(22,23)24/h3-9H,1-2H3,(H,27,31). The molecule has 0 saturated carbocycles. The normalized spacial score (nSPS) is 13.2. The van der Waals surface area contributed by atoms with Crippen LogP contribution in [-0.4, -0.2) is 30.9 Å². The predicted octanol–water partition coefficient (Wildman–Crippen LogP) is 3.80. The molecule has 1 atom stereocenters. The van der Waals surface area contributed by atoms with E-state index in [2.05, 4.69) is 25.6 Å². The van der Waals surface area contributed by atoms with Gasteiger partial charge in [0.2, 0.25) is 0 Å². The molecule has 13 heteroatoms. The van der Waals surface area contributed by atoms with Gasteiger partial charge in [0, 0.05) is 25.0 Å². The zero-order valence-corrected chi connectivity index (χ0v) is 16.0. The highest BCUT2D eigenvalue weighted by molar-refractivity contribution is 5.95. The molecule has 0 saturated heterocycles. The number of amides is 1. The number of benzene rings is 1. The van der Waals surface area contributed by atoms with Crippen molar-refractivity contribution < 1.29 is 31.1 Å². The number of nitrogens with one attached hydrogen (secondary N) is 1. The van der Waals surface area contributed by atoms with Gasteiger partial charge in [0.1, 0.15) is 11.4 Å². The van der Waals surface area contributed by atoms with Crippen LogP contribution in [0.3, 0.4) is 0 Å². The second-order valence-corrected chi connectivity index (χ2v) is 6.56. The Bertz CT molecular complexity index is 1080. The molecule has 0 fully saturated rings. The SMILES string of the molecule is CC(NC(=O)c1cc(C(F)(F)F)cc(C(F)(F)F)c1)c1nccnc1-c1cn(C)nn1. The molecule has 1 aromatic carbocycles. The zero-order chi connectivity index (χ0) is 23.0. The fourth-order valence-corrected chi connectivity index (χ4v) is 2.75. The van der Waals surface area contributed by atoms with Crippen LogP contribution in [0.2, 0.25) is 0 Å². The smallest absolute Gasteiger partial charge is 0.344 e. The molecule has 2 heterocycles. The number of nitrogens with zero attached hydrogens (tertiary/aromatic N) is 5. The summed E-state index contributed by atoms with van der Waals surface area (Å²) in [6.07, 6.45) is -5.91. The molecule has 0 aliphatic carbocycles. The summed E-state index contributed by atoms with van der Waals surface area (Å²) in [6, 6.07) is -0.244. The molecule has 0 radical (unpaired) electrons. The lowest BCUT2D eigenvalue weighted by atomic mass is 10.0. The van der Waals surface area contributed by atoms with E-state index in [4.69, 9.17) is 0 Å².